The van der Waals surface area contributed by atoms with Crippen molar-refractivity contribution in [2.75, 3.05) is 34.0 Å². The van der Waals surface area contributed by atoms with Crippen molar-refractivity contribution in [3.8, 4) is 23.0 Å². The SMILES string of the molecule is COc1cc(OC)cc(C(=O)OCC(=O)c2ccc3c(c2)OCCCO3)c1. The number of methoxy groups -OCH3 is 2. The number of benzene rings is 2. The third-order valence-electron chi connectivity index (χ3n) is 3.99. The molecule has 1 heterocycles. The van der Waals surface area contributed by atoms with Gasteiger partial charge in [0.25, 0.3) is 0 Å². The van der Waals surface area contributed by atoms with Crippen molar-refractivity contribution in [1.29, 1.82) is 0 Å². The summed E-state index contributed by atoms with van der Waals surface area (Å²) >= 11 is 0. The zero-order valence-electron chi connectivity index (χ0n) is 15.2. The summed E-state index contributed by atoms with van der Waals surface area (Å²) < 4.78 is 26.5. The zero-order chi connectivity index (χ0) is 19.2. The molecule has 27 heavy (non-hydrogen) atoms. The van der Waals surface area contributed by atoms with Crippen LogP contribution in [0.25, 0.3) is 0 Å². The Morgan fingerprint density at radius 1 is 0.889 bits per heavy atom. The highest BCUT2D eigenvalue weighted by Gasteiger charge is 2.17. The van der Waals surface area contributed by atoms with Gasteiger partial charge in [0.05, 0.1) is 33.0 Å². The highest BCUT2D eigenvalue weighted by molar-refractivity contribution is 6.00. The first-order valence-electron chi connectivity index (χ1n) is 8.44. The fraction of sp³-hybridized carbons (Fsp3) is 0.300. The molecule has 0 aliphatic carbocycles. The van der Waals surface area contributed by atoms with Crippen LogP contribution in [0.1, 0.15) is 27.1 Å². The normalized spacial score (nSPS) is 12.7. The maximum Gasteiger partial charge on any atom is 0.338 e. The van der Waals surface area contributed by atoms with E-state index in [-0.39, 0.29) is 11.3 Å². The summed E-state index contributed by atoms with van der Waals surface area (Å²) in [5.74, 6) is 1.04. The second kappa shape index (κ2) is 8.44. The Hall–Kier alpha value is -3.22. The second-order valence-corrected chi connectivity index (χ2v) is 5.81. The van der Waals surface area contributed by atoms with E-state index >= 15 is 0 Å². The van der Waals surface area contributed by atoms with Crippen LogP contribution in [0.4, 0.5) is 0 Å². The zero-order valence-corrected chi connectivity index (χ0v) is 15.2. The number of carbonyl (C=O) groups excluding carboxylic acids is 2. The topological polar surface area (TPSA) is 80.3 Å². The molecule has 0 spiro atoms. The quantitative estimate of drug-likeness (QED) is 0.570. The number of ether oxygens (including phenoxy) is 5. The lowest BCUT2D eigenvalue weighted by Crippen LogP contribution is -2.14. The summed E-state index contributed by atoms with van der Waals surface area (Å²) in [5.41, 5.74) is 0.618. The van der Waals surface area contributed by atoms with E-state index in [1.54, 1.807) is 24.3 Å². The molecule has 1 aliphatic rings. The number of esters is 1. The van der Waals surface area contributed by atoms with Crippen LogP contribution >= 0.6 is 0 Å². The Morgan fingerprint density at radius 2 is 1.56 bits per heavy atom. The van der Waals surface area contributed by atoms with E-state index < -0.39 is 12.6 Å². The molecular weight excluding hydrogens is 352 g/mol. The summed E-state index contributed by atoms with van der Waals surface area (Å²) in [4.78, 5) is 24.6. The van der Waals surface area contributed by atoms with E-state index in [2.05, 4.69) is 0 Å². The van der Waals surface area contributed by atoms with E-state index in [1.807, 2.05) is 0 Å². The maximum absolute atomic E-state index is 12.4. The molecule has 0 aromatic heterocycles. The van der Waals surface area contributed by atoms with Crippen molar-refractivity contribution in [3.05, 3.63) is 47.5 Å². The molecule has 3 rings (SSSR count). The maximum atomic E-state index is 12.4. The number of carbonyl (C=O) groups is 2. The number of Topliss-reactive ketones (excluding diaryl/α,β-unsaturated/α-hetero) is 1. The molecule has 0 atom stereocenters. The van der Waals surface area contributed by atoms with Gasteiger partial charge in [-0.15, -0.1) is 0 Å². The molecule has 0 N–H and O–H groups in total. The first-order chi connectivity index (χ1) is 13.1. The van der Waals surface area contributed by atoms with Gasteiger partial charge in [-0.1, -0.05) is 0 Å². The number of hydrogen-bond donors (Lipinski definition) is 0. The minimum Gasteiger partial charge on any atom is -0.497 e. The molecule has 0 amide bonds. The van der Waals surface area contributed by atoms with E-state index in [9.17, 15) is 9.59 Å². The average Bonchev–Trinajstić information content (AvgIpc) is 2.95. The van der Waals surface area contributed by atoms with Gasteiger partial charge in [0.15, 0.2) is 23.9 Å². The Bertz CT molecular complexity index is 822. The fourth-order valence-electron chi connectivity index (χ4n) is 2.56. The summed E-state index contributed by atoms with van der Waals surface area (Å²) in [7, 11) is 2.97. The molecule has 0 saturated carbocycles. The Balaban J connectivity index is 1.67. The molecule has 7 nitrogen and oxygen atoms in total. The van der Waals surface area contributed by atoms with Crippen LogP contribution in [0, 0.1) is 0 Å². The predicted molar refractivity (Wildman–Crippen MR) is 96.2 cm³/mol. The lowest BCUT2D eigenvalue weighted by molar-refractivity contribution is 0.0474. The Morgan fingerprint density at radius 3 is 2.22 bits per heavy atom. The standard InChI is InChI=1S/C20H20O7/c1-23-15-8-14(9-16(11-15)24-2)20(22)27-12-17(21)13-4-5-18-19(10-13)26-7-3-6-25-18/h4-5,8-11H,3,6-7,12H2,1-2H3. The van der Waals surface area contributed by atoms with Crippen molar-refractivity contribution in [2.24, 2.45) is 0 Å². The van der Waals surface area contributed by atoms with Gasteiger partial charge < -0.3 is 23.7 Å². The molecule has 1 aliphatic heterocycles. The molecule has 0 radical (unpaired) electrons. The fourth-order valence-corrected chi connectivity index (χ4v) is 2.56. The van der Waals surface area contributed by atoms with Crippen LogP contribution in [0.5, 0.6) is 23.0 Å². The van der Waals surface area contributed by atoms with Gasteiger partial charge in [-0.3, -0.25) is 4.79 Å². The summed E-state index contributed by atoms with van der Waals surface area (Å²) in [6.45, 7) is 0.706. The molecule has 2 aromatic rings. The molecule has 0 unspecified atom stereocenters. The molecule has 0 saturated heterocycles. The van der Waals surface area contributed by atoms with Crippen molar-refractivity contribution < 1.29 is 33.3 Å². The van der Waals surface area contributed by atoms with Gasteiger partial charge in [-0.2, -0.15) is 0 Å². The van der Waals surface area contributed by atoms with Gasteiger partial charge in [-0.25, -0.2) is 4.79 Å². The van der Waals surface area contributed by atoms with Gasteiger partial charge in [0.1, 0.15) is 11.5 Å². The van der Waals surface area contributed by atoms with Crippen LogP contribution < -0.4 is 18.9 Å². The van der Waals surface area contributed by atoms with Crippen molar-refractivity contribution in [2.45, 2.75) is 6.42 Å². The molecule has 2 aromatic carbocycles. The third kappa shape index (κ3) is 4.49. The minimum atomic E-state index is -0.644. The highest BCUT2D eigenvalue weighted by atomic mass is 16.5. The van der Waals surface area contributed by atoms with Crippen molar-refractivity contribution in [3.63, 3.8) is 0 Å². The van der Waals surface area contributed by atoms with Crippen LogP contribution in [-0.4, -0.2) is 45.8 Å². The minimum absolute atomic E-state index is 0.234. The second-order valence-electron chi connectivity index (χ2n) is 5.81. The molecule has 7 heteroatoms. The van der Waals surface area contributed by atoms with Gasteiger partial charge in [0, 0.05) is 18.1 Å². The first-order valence-corrected chi connectivity index (χ1v) is 8.44. The summed E-state index contributed by atoms with van der Waals surface area (Å²) in [6.07, 6.45) is 0.777. The van der Waals surface area contributed by atoms with E-state index in [0.717, 1.165) is 6.42 Å². The molecule has 0 bridgehead atoms. The molecule has 0 fully saturated rings. The third-order valence-corrected chi connectivity index (χ3v) is 3.99. The first kappa shape index (κ1) is 18.6. The Kier molecular flexibility index (Phi) is 5.80. The van der Waals surface area contributed by atoms with Crippen LogP contribution in [0.15, 0.2) is 36.4 Å². The monoisotopic (exact) mass is 372 g/mol. The van der Waals surface area contributed by atoms with Crippen molar-refractivity contribution in [1.82, 2.24) is 0 Å². The number of ketones is 1. The van der Waals surface area contributed by atoms with E-state index in [1.165, 1.54) is 26.4 Å². The number of rotatable bonds is 6. The summed E-state index contributed by atoms with van der Waals surface area (Å²) in [5, 5.41) is 0. The van der Waals surface area contributed by atoms with Crippen LogP contribution in [-0.2, 0) is 4.74 Å². The molecular formula is C20H20O7. The lowest BCUT2D eigenvalue weighted by Gasteiger charge is -2.10. The molecule has 142 valence electrons. The average molecular weight is 372 g/mol. The van der Waals surface area contributed by atoms with Crippen LogP contribution in [0.2, 0.25) is 0 Å². The van der Waals surface area contributed by atoms with Gasteiger partial charge in [0.2, 0.25) is 0 Å². The lowest BCUT2D eigenvalue weighted by atomic mass is 10.1. The predicted octanol–water partition coefficient (Wildman–Crippen LogP) is 2.90. The highest BCUT2D eigenvalue weighted by Crippen LogP contribution is 2.30. The van der Waals surface area contributed by atoms with E-state index in [4.69, 9.17) is 23.7 Å². The van der Waals surface area contributed by atoms with Crippen molar-refractivity contribution >= 4 is 11.8 Å². The number of hydrogen-bond acceptors (Lipinski definition) is 7. The summed E-state index contributed by atoms with van der Waals surface area (Å²) in [6, 6.07) is 9.58. The van der Waals surface area contributed by atoms with Crippen LogP contribution in [0.3, 0.4) is 0 Å². The van der Waals surface area contributed by atoms with E-state index in [0.29, 0.717) is 41.8 Å². The largest absolute Gasteiger partial charge is 0.497 e. The number of fused-ring (bicyclic) bond motifs is 1. The van der Waals surface area contributed by atoms with Gasteiger partial charge in [-0.05, 0) is 30.3 Å². The smallest absolute Gasteiger partial charge is 0.338 e. The Labute approximate surface area is 156 Å². The van der Waals surface area contributed by atoms with Gasteiger partial charge >= 0.3 is 5.97 Å².